The molecule has 0 heterocycles. The summed E-state index contributed by atoms with van der Waals surface area (Å²) in [5.41, 5.74) is 0.973. The van der Waals surface area contributed by atoms with Gasteiger partial charge in [0.05, 0.1) is 6.10 Å². The Balaban J connectivity index is 2.22. The first-order valence-electron chi connectivity index (χ1n) is 5.44. The Morgan fingerprint density at radius 1 is 1.11 bits per heavy atom. The SMILES string of the molecule is OC(Cc1ccccc1Br)c1ccc(F)cc1F. The second kappa shape index (κ2) is 5.59. The van der Waals surface area contributed by atoms with E-state index in [9.17, 15) is 13.9 Å². The molecule has 0 fully saturated rings. The summed E-state index contributed by atoms with van der Waals surface area (Å²) in [7, 11) is 0. The Bertz CT molecular complexity index is 557. The molecule has 2 aromatic rings. The maximum atomic E-state index is 13.5. The summed E-state index contributed by atoms with van der Waals surface area (Å²) < 4.78 is 27.1. The van der Waals surface area contributed by atoms with Crippen molar-refractivity contribution in [1.82, 2.24) is 0 Å². The van der Waals surface area contributed by atoms with Crippen molar-refractivity contribution in [3.05, 3.63) is 69.7 Å². The molecule has 0 aromatic heterocycles. The first kappa shape index (κ1) is 13.2. The fourth-order valence-electron chi connectivity index (χ4n) is 1.75. The molecule has 18 heavy (non-hydrogen) atoms. The number of hydrogen-bond donors (Lipinski definition) is 1. The van der Waals surface area contributed by atoms with E-state index in [0.29, 0.717) is 0 Å². The smallest absolute Gasteiger partial charge is 0.131 e. The molecule has 0 radical (unpaired) electrons. The molecular formula is C14H11BrF2O. The van der Waals surface area contributed by atoms with E-state index in [4.69, 9.17) is 0 Å². The van der Waals surface area contributed by atoms with Crippen LogP contribution < -0.4 is 0 Å². The van der Waals surface area contributed by atoms with Gasteiger partial charge in [0.2, 0.25) is 0 Å². The van der Waals surface area contributed by atoms with E-state index in [2.05, 4.69) is 15.9 Å². The highest BCUT2D eigenvalue weighted by atomic mass is 79.9. The third-order valence-corrected chi connectivity index (χ3v) is 3.47. The summed E-state index contributed by atoms with van der Waals surface area (Å²) in [5, 5.41) is 9.99. The fraction of sp³-hybridized carbons (Fsp3) is 0.143. The standard InChI is InChI=1S/C14H11BrF2O/c15-12-4-2-1-3-9(12)7-14(18)11-6-5-10(16)8-13(11)17/h1-6,8,14,18H,7H2. The quantitative estimate of drug-likeness (QED) is 0.908. The van der Waals surface area contributed by atoms with Crippen LogP contribution in [0.4, 0.5) is 8.78 Å². The molecule has 0 amide bonds. The van der Waals surface area contributed by atoms with Crippen LogP contribution in [0.2, 0.25) is 0 Å². The van der Waals surface area contributed by atoms with Crippen LogP contribution in [0.3, 0.4) is 0 Å². The van der Waals surface area contributed by atoms with Gasteiger partial charge in [-0.15, -0.1) is 0 Å². The molecule has 2 rings (SSSR count). The predicted octanol–water partition coefficient (Wildman–Crippen LogP) is 4.00. The van der Waals surface area contributed by atoms with Gasteiger partial charge < -0.3 is 5.11 Å². The summed E-state index contributed by atoms with van der Waals surface area (Å²) in [6.45, 7) is 0. The van der Waals surface area contributed by atoms with Crippen LogP contribution in [-0.2, 0) is 6.42 Å². The third kappa shape index (κ3) is 2.94. The van der Waals surface area contributed by atoms with Crippen LogP contribution in [0.5, 0.6) is 0 Å². The number of halogens is 3. The van der Waals surface area contributed by atoms with Gasteiger partial charge in [0, 0.05) is 22.5 Å². The molecule has 0 aliphatic rings. The molecular weight excluding hydrogens is 302 g/mol. The first-order chi connectivity index (χ1) is 8.58. The molecule has 1 N–H and O–H groups in total. The lowest BCUT2D eigenvalue weighted by Crippen LogP contribution is -2.05. The molecule has 0 bridgehead atoms. The average Bonchev–Trinajstić information content (AvgIpc) is 2.32. The van der Waals surface area contributed by atoms with Crippen molar-refractivity contribution in [2.45, 2.75) is 12.5 Å². The molecule has 1 atom stereocenters. The minimum Gasteiger partial charge on any atom is -0.388 e. The van der Waals surface area contributed by atoms with E-state index in [1.54, 1.807) is 0 Å². The lowest BCUT2D eigenvalue weighted by atomic mass is 10.0. The Kier molecular flexibility index (Phi) is 4.09. The summed E-state index contributed by atoms with van der Waals surface area (Å²) in [6, 6.07) is 10.6. The van der Waals surface area contributed by atoms with Gasteiger partial charge in [-0.05, 0) is 17.7 Å². The Morgan fingerprint density at radius 2 is 1.83 bits per heavy atom. The summed E-state index contributed by atoms with van der Waals surface area (Å²) >= 11 is 3.36. The second-order valence-electron chi connectivity index (χ2n) is 3.98. The fourth-order valence-corrected chi connectivity index (χ4v) is 2.20. The topological polar surface area (TPSA) is 20.2 Å². The van der Waals surface area contributed by atoms with Crippen molar-refractivity contribution in [3.8, 4) is 0 Å². The maximum Gasteiger partial charge on any atom is 0.131 e. The van der Waals surface area contributed by atoms with E-state index < -0.39 is 17.7 Å². The van der Waals surface area contributed by atoms with Crippen molar-refractivity contribution >= 4 is 15.9 Å². The van der Waals surface area contributed by atoms with Gasteiger partial charge in [-0.3, -0.25) is 0 Å². The highest BCUT2D eigenvalue weighted by Gasteiger charge is 2.15. The lowest BCUT2D eigenvalue weighted by Gasteiger charge is -2.13. The average molecular weight is 313 g/mol. The van der Waals surface area contributed by atoms with E-state index in [-0.39, 0.29) is 12.0 Å². The maximum absolute atomic E-state index is 13.5. The molecule has 1 nitrogen and oxygen atoms in total. The summed E-state index contributed by atoms with van der Waals surface area (Å²) in [4.78, 5) is 0. The van der Waals surface area contributed by atoms with Crippen molar-refractivity contribution in [2.24, 2.45) is 0 Å². The molecule has 1 unspecified atom stereocenters. The van der Waals surface area contributed by atoms with Crippen LogP contribution in [0, 0.1) is 11.6 Å². The number of benzene rings is 2. The van der Waals surface area contributed by atoms with Gasteiger partial charge in [-0.1, -0.05) is 40.2 Å². The van der Waals surface area contributed by atoms with E-state index in [1.165, 1.54) is 6.07 Å². The second-order valence-corrected chi connectivity index (χ2v) is 4.83. The largest absolute Gasteiger partial charge is 0.388 e. The van der Waals surface area contributed by atoms with E-state index in [1.807, 2.05) is 24.3 Å². The number of rotatable bonds is 3. The van der Waals surface area contributed by atoms with E-state index >= 15 is 0 Å². The zero-order valence-corrected chi connectivity index (χ0v) is 11.0. The lowest BCUT2D eigenvalue weighted by molar-refractivity contribution is 0.173. The molecule has 0 aliphatic carbocycles. The van der Waals surface area contributed by atoms with E-state index in [0.717, 1.165) is 22.2 Å². The first-order valence-corrected chi connectivity index (χ1v) is 6.23. The van der Waals surface area contributed by atoms with Crippen LogP contribution >= 0.6 is 15.9 Å². The Hall–Kier alpha value is -1.26. The van der Waals surface area contributed by atoms with Crippen molar-refractivity contribution < 1.29 is 13.9 Å². The minimum absolute atomic E-state index is 0.104. The molecule has 2 aromatic carbocycles. The van der Waals surface area contributed by atoms with Crippen LogP contribution in [0.1, 0.15) is 17.2 Å². The number of aliphatic hydroxyl groups is 1. The molecule has 0 aliphatic heterocycles. The van der Waals surface area contributed by atoms with Crippen molar-refractivity contribution in [1.29, 1.82) is 0 Å². The highest BCUT2D eigenvalue weighted by molar-refractivity contribution is 9.10. The van der Waals surface area contributed by atoms with Crippen LogP contribution in [-0.4, -0.2) is 5.11 Å². The molecule has 0 saturated heterocycles. The molecule has 94 valence electrons. The number of aliphatic hydroxyl groups excluding tert-OH is 1. The van der Waals surface area contributed by atoms with Gasteiger partial charge in [0.15, 0.2) is 0 Å². The molecule has 0 saturated carbocycles. The normalized spacial score (nSPS) is 12.4. The zero-order chi connectivity index (χ0) is 13.1. The Morgan fingerprint density at radius 3 is 2.50 bits per heavy atom. The summed E-state index contributed by atoms with van der Waals surface area (Å²) in [5.74, 6) is -1.38. The van der Waals surface area contributed by atoms with Crippen molar-refractivity contribution in [3.63, 3.8) is 0 Å². The van der Waals surface area contributed by atoms with Gasteiger partial charge in [0.25, 0.3) is 0 Å². The monoisotopic (exact) mass is 312 g/mol. The highest BCUT2D eigenvalue weighted by Crippen LogP contribution is 2.25. The van der Waals surface area contributed by atoms with Gasteiger partial charge >= 0.3 is 0 Å². The molecule has 0 spiro atoms. The molecule has 4 heteroatoms. The van der Waals surface area contributed by atoms with Gasteiger partial charge in [-0.25, -0.2) is 8.78 Å². The third-order valence-electron chi connectivity index (χ3n) is 2.69. The Labute approximate surface area is 112 Å². The minimum atomic E-state index is -0.996. The van der Waals surface area contributed by atoms with Crippen molar-refractivity contribution in [2.75, 3.05) is 0 Å². The number of hydrogen-bond acceptors (Lipinski definition) is 1. The van der Waals surface area contributed by atoms with Gasteiger partial charge in [0.1, 0.15) is 11.6 Å². The van der Waals surface area contributed by atoms with Gasteiger partial charge in [-0.2, -0.15) is 0 Å². The van der Waals surface area contributed by atoms with Crippen LogP contribution in [0.15, 0.2) is 46.9 Å². The predicted molar refractivity (Wildman–Crippen MR) is 69.2 cm³/mol. The summed E-state index contributed by atoms with van der Waals surface area (Å²) in [6.07, 6.45) is -0.728. The van der Waals surface area contributed by atoms with Crippen LogP contribution in [0.25, 0.3) is 0 Å². The zero-order valence-electron chi connectivity index (χ0n) is 9.41.